The standard InChI is InChI=1S/C17H22N2O4S/c1-24(22,23)17(7-9-18-10-8-17)16(21)19-13-6-5-12-3-2-4-15(20)14(12)11-13/h5-6,11,18H,2-4,7-10H2,1H3,(H,19,21). The number of anilines is 1. The quantitative estimate of drug-likeness (QED) is 0.857. The molecule has 1 fully saturated rings. The Labute approximate surface area is 141 Å². The lowest BCUT2D eigenvalue weighted by Crippen LogP contribution is -2.55. The molecule has 1 heterocycles. The van der Waals surface area contributed by atoms with E-state index in [1.165, 1.54) is 0 Å². The number of nitrogens with one attached hydrogen (secondary N) is 2. The molecule has 0 bridgehead atoms. The monoisotopic (exact) mass is 350 g/mol. The molecule has 0 radical (unpaired) electrons. The molecule has 6 nitrogen and oxygen atoms in total. The van der Waals surface area contributed by atoms with Gasteiger partial charge in [0.15, 0.2) is 20.4 Å². The number of sulfone groups is 1. The zero-order chi connectivity index (χ0) is 17.4. The Morgan fingerprint density at radius 2 is 1.92 bits per heavy atom. The van der Waals surface area contributed by atoms with E-state index in [1.807, 2.05) is 6.07 Å². The van der Waals surface area contributed by atoms with Crippen LogP contribution >= 0.6 is 0 Å². The molecule has 2 aliphatic rings. The van der Waals surface area contributed by atoms with Crippen LogP contribution in [0.3, 0.4) is 0 Å². The summed E-state index contributed by atoms with van der Waals surface area (Å²) < 4.78 is 23.2. The second-order valence-corrected chi connectivity index (χ2v) is 8.95. The van der Waals surface area contributed by atoms with Gasteiger partial charge >= 0.3 is 0 Å². The average Bonchev–Trinajstić information content (AvgIpc) is 2.55. The van der Waals surface area contributed by atoms with E-state index in [0.29, 0.717) is 30.8 Å². The van der Waals surface area contributed by atoms with Crippen LogP contribution in [0.4, 0.5) is 5.69 Å². The van der Waals surface area contributed by atoms with Crippen LogP contribution in [0.25, 0.3) is 0 Å². The first kappa shape index (κ1) is 17.1. The van der Waals surface area contributed by atoms with Gasteiger partial charge < -0.3 is 10.6 Å². The van der Waals surface area contributed by atoms with Crippen LogP contribution in [0.5, 0.6) is 0 Å². The maximum Gasteiger partial charge on any atom is 0.245 e. The second kappa shape index (κ2) is 6.29. The Kier molecular flexibility index (Phi) is 4.48. The molecule has 1 saturated heterocycles. The van der Waals surface area contributed by atoms with Crippen molar-refractivity contribution in [2.75, 3.05) is 24.7 Å². The number of piperidine rings is 1. The van der Waals surface area contributed by atoms with E-state index in [9.17, 15) is 18.0 Å². The Balaban J connectivity index is 1.88. The summed E-state index contributed by atoms with van der Waals surface area (Å²) in [5.74, 6) is -0.429. The molecule has 7 heteroatoms. The van der Waals surface area contributed by atoms with Crippen LogP contribution in [0.1, 0.15) is 41.6 Å². The van der Waals surface area contributed by atoms with E-state index in [2.05, 4.69) is 10.6 Å². The largest absolute Gasteiger partial charge is 0.325 e. The highest BCUT2D eigenvalue weighted by Crippen LogP contribution is 2.30. The average molecular weight is 350 g/mol. The number of hydrogen-bond donors (Lipinski definition) is 2. The van der Waals surface area contributed by atoms with Crippen LogP contribution in [0.2, 0.25) is 0 Å². The minimum Gasteiger partial charge on any atom is -0.325 e. The smallest absolute Gasteiger partial charge is 0.245 e. The third-order valence-corrected chi connectivity index (χ3v) is 7.07. The highest BCUT2D eigenvalue weighted by molar-refractivity contribution is 7.92. The van der Waals surface area contributed by atoms with Crippen molar-refractivity contribution in [3.8, 4) is 0 Å². The molecule has 0 saturated carbocycles. The van der Waals surface area contributed by atoms with Crippen LogP contribution in [0, 0.1) is 0 Å². The van der Waals surface area contributed by atoms with Gasteiger partial charge in [0.2, 0.25) is 5.91 Å². The van der Waals surface area contributed by atoms with Gasteiger partial charge in [-0.2, -0.15) is 0 Å². The first-order valence-corrected chi connectivity index (χ1v) is 10.1. The molecular weight excluding hydrogens is 328 g/mol. The molecule has 130 valence electrons. The normalized spacial score (nSPS) is 20.3. The number of carbonyl (C=O) groups is 2. The van der Waals surface area contributed by atoms with Gasteiger partial charge in [-0.1, -0.05) is 6.07 Å². The van der Waals surface area contributed by atoms with Crippen LogP contribution in [-0.4, -0.2) is 44.2 Å². The fraction of sp³-hybridized carbons (Fsp3) is 0.529. The fourth-order valence-corrected chi connectivity index (χ4v) is 4.88. The summed E-state index contributed by atoms with van der Waals surface area (Å²) in [6.07, 6.45) is 3.84. The molecule has 1 aromatic rings. The Morgan fingerprint density at radius 1 is 1.21 bits per heavy atom. The minimum absolute atomic E-state index is 0.0760. The van der Waals surface area contributed by atoms with Crippen molar-refractivity contribution in [2.24, 2.45) is 0 Å². The lowest BCUT2D eigenvalue weighted by molar-refractivity contribution is -0.119. The van der Waals surface area contributed by atoms with Gasteiger partial charge in [0.1, 0.15) is 0 Å². The van der Waals surface area contributed by atoms with Crippen molar-refractivity contribution in [3.05, 3.63) is 29.3 Å². The molecule has 24 heavy (non-hydrogen) atoms. The summed E-state index contributed by atoms with van der Waals surface area (Å²) >= 11 is 0. The van der Waals surface area contributed by atoms with Gasteiger partial charge in [-0.3, -0.25) is 9.59 Å². The third-order valence-electron chi connectivity index (χ3n) is 5.05. The maximum atomic E-state index is 12.8. The second-order valence-electron chi connectivity index (χ2n) is 6.62. The number of ketones is 1. The number of aryl methyl sites for hydroxylation is 1. The molecule has 1 aliphatic carbocycles. The summed E-state index contributed by atoms with van der Waals surface area (Å²) in [6.45, 7) is 0.978. The van der Waals surface area contributed by atoms with Crippen molar-refractivity contribution in [1.29, 1.82) is 0 Å². The summed E-state index contributed by atoms with van der Waals surface area (Å²) in [5, 5.41) is 5.82. The van der Waals surface area contributed by atoms with E-state index >= 15 is 0 Å². The van der Waals surface area contributed by atoms with Crippen molar-refractivity contribution >= 4 is 27.2 Å². The van der Waals surface area contributed by atoms with E-state index in [0.717, 1.165) is 24.7 Å². The molecule has 1 aromatic carbocycles. The lowest BCUT2D eigenvalue weighted by Gasteiger charge is -2.34. The number of hydrogen-bond acceptors (Lipinski definition) is 5. The van der Waals surface area contributed by atoms with Crippen molar-refractivity contribution in [2.45, 2.75) is 36.9 Å². The zero-order valence-electron chi connectivity index (χ0n) is 13.7. The number of amides is 1. The summed E-state index contributed by atoms with van der Waals surface area (Å²) in [6, 6.07) is 5.26. The molecule has 0 unspecified atom stereocenters. The molecular formula is C17H22N2O4S. The Hall–Kier alpha value is -1.73. The predicted molar refractivity (Wildman–Crippen MR) is 92.0 cm³/mol. The summed E-state index contributed by atoms with van der Waals surface area (Å²) in [7, 11) is -3.55. The molecule has 1 aliphatic heterocycles. The van der Waals surface area contributed by atoms with E-state index in [-0.39, 0.29) is 18.6 Å². The zero-order valence-corrected chi connectivity index (χ0v) is 14.5. The minimum atomic E-state index is -3.55. The lowest BCUT2D eigenvalue weighted by atomic mass is 9.90. The van der Waals surface area contributed by atoms with Crippen LogP contribution in [-0.2, 0) is 21.1 Å². The van der Waals surface area contributed by atoms with Crippen molar-refractivity contribution < 1.29 is 18.0 Å². The van der Waals surface area contributed by atoms with Gasteiger partial charge in [0.25, 0.3) is 0 Å². The molecule has 3 rings (SSSR count). The number of Topliss-reactive ketones (excluding diaryl/α,β-unsaturated/α-hetero) is 1. The highest BCUT2D eigenvalue weighted by atomic mass is 32.2. The summed E-state index contributed by atoms with van der Waals surface area (Å²) in [5.41, 5.74) is 2.11. The summed E-state index contributed by atoms with van der Waals surface area (Å²) in [4.78, 5) is 24.8. The fourth-order valence-electron chi connectivity index (χ4n) is 3.55. The number of fused-ring (bicyclic) bond motifs is 1. The predicted octanol–water partition coefficient (Wildman–Crippen LogP) is 1.31. The number of carbonyl (C=O) groups excluding carboxylic acids is 2. The first-order chi connectivity index (χ1) is 11.3. The van der Waals surface area contributed by atoms with Gasteiger partial charge in [-0.15, -0.1) is 0 Å². The Morgan fingerprint density at radius 3 is 2.58 bits per heavy atom. The third kappa shape index (κ3) is 2.98. The van der Waals surface area contributed by atoms with E-state index in [1.54, 1.807) is 12.1 Å². The molecule has 0 spiro atoms. The highest BCUT2D eigenvalue weighted by Gasteiger charge is 2.48. The maximum absolute atomic E-state index is 12.8. The van der Waals surface area contributed by atoms with Crippen molar-refractivity contribution in [1.82, 2.24) is 5.32 Å². The van der Waals surface area contributed by atoms with Crippen LogP contribution in [0.15, 0.2) is 18.2 Å². The van der Waals surface area contributed by atoms with E-state index in [4.69, 9.17) is 0 Å². The topological polar surface area (TPSA) is 92.3 Å². The molecule has 0 aromatic heterocycles. The van der Waals surface area contributed by atoms with Gasteiger partial charge in [0.05, 0.1) is 0 Å². The molecule has 1 amide bonds. The SMILES string of the molecule is CS(=O)(=O)C1(C(=O)Nc2ccc3c(c2)C(=O)CCC3)CCNCC1. The van der Waals surface area contributed by atoms with Crippen LogP contribution < -0.4 is 10.6 Å². The van der Waals surface area contributed by atoms with Gasteiger partial charge in [0, 0.05) is 23.9 Å². The van der Waals surface area contributed by atoms with Gasteiger partial charge in [-0.05, 0) is 56.5 Å². The number of benzene rings is 1. The van der Waals surface area contributed by atoms with E-state index < -0.39 is 20.5 Å². The molecule has 2 N–H and O–H groups in total. The Bertz CT molecular complexity index is 780. The first-order valence-electron chi connectivity index (χ1n) is 8.21. The molecule has 0 atom stereocenters. The van der Waals surface area contributed by atoms with Crippen molar-refractivity contribution in [3.63, 3.8) is 0 Å². The van der Waals surface area contributed by atoms with Gasteiger partial charge in [-0.25, -0.2) is 8.42 Å². The number of rotatable bonds is 3.